The topological polar surface area (TPSA) is 33.5 Å². The van der Waals surface area contributed by atoms with Crippen LogP contribution >= 0.6 is 0 Å². The van der Waals surface area contributed by atoms with Crippen LogP contribution in [0.2, 0.25) is 0 Å². The zero-order valence-corrected chi connectivity index (χ0v) is 11.6. The Bertz CT molecular complexity index is 568. The lowest BCUT2D eigenvalue weighted by Crippen LogP contribution is -2.21. The third-order valence-electron chi connectivity index (χ3n) is 3.35. The molecule has 0 N–H and O–H groups in total. The second kappa shape index (κ2) is 5.74. The number of carbonyl (C=O) groups excluding carboxylic acids is 1. The van der Waals surface area contributed by atoms with Crippen LogP contribution in [0.25, 0.3) is 11.3 Å². The van der Waals surface area contributed by atoms with Crippen molar-refractivity contribution < 1.29 is 9.21 Å². The molecule has 0 aliphatic carbocycles. The third-order valence-corrected chi connectivity index (χ3v) is 3.35. The van der Waals surface area contributed by atoms with Crippen LogP contribution in [0.3, 0.4) is 0 Å². The van der Waals surface area contributed by atoms with Crippen molar-refractivity contribution in [3.8, 4) is 11.3 Å². The summed E-state index contributed by atoms with van der Waals surface area (Å²) in [5.41, 5.74) is 3.40. The first-order chi connectivity index (χ1) is 9.19. The standard InChI is InChI=1S/C16H19NO2/c1-4-17(5-2)13-6-8-15(12(3)10-13)16-9-7-14(11-18)19-16/h6-11H,4-5H2,1-3H3. The minimum absolute atomic E-state index is 0.363. The van der Waals surface area contributed by atoms with Crippen molar-refractivity contribution in [2.75, 3.05) is 18.0 Å². The van der Waals surface area contributed by atoms with Crippen LogP contribution in [0.1, 0.15) is 30.0 Å². The van der Waals surface area contributed by atoms with Crippen molar-refractivity contribution in [1.29, 1.82) is 0 Å². The lowest BCUT2D eigenvalue weighted by Gasteiger charge is -2.22. The number of anilines is 1. The molecule has 0 aliphatic rings. The average Bonchev–Trinajstić information content (AvgIpc) is 2.89. The van der Waals surface area contributed by atoms with Crippen LogP contribution < -0.4 is 4.90 Å². The van der Waals surface area contributed by atoms with Crippen molar-refractivity contribution in [2.24, 2.45) is 0 Å². The van der Waals surface area contributed by atoms with Gasteiger partial charge in [0.2, 0.25) is 0 Å². The summed E-state index contributed by atoms with van der Waals surface area (Å²) >= 11 is 0. The van der Waals surface area contributed by atoms with Gasteiger partial charge in [-0.3, -0.25) is 4.79 Å². The summed E-state index contributed by atoms with van der Waals surface area (Å²) in [4.78, 5) is 13.0. The van der Waals surface area contributed by atoms with Crippen LogP contribution in [0.4, 0.5) is 5.69 Å². The van der Waals surface area contributed by atoms with Crippen LogP contribution in [-0.4, -0.2) is 19.4 Å². The molecule has 0 amide bonds. The highest BCUT2D eigenvalue weighted by Gasteiger charge is 2.09. The first-order valence-electron chi connectivity index (χ1n) is 6.60. The van der Waals surface area contributed by atoms with Crippen molar-refractivity contribution in [2.45, 2.75) is 20.8 Å². The van der Waals surface area contributed by atoms with Gasteiger partial charge >= 0.3 is 0 Å². The van der Waals surface area contributed by atoms with Gasteiger partial charge in [0.15, 0.2) is 12.0 Å². The van der Waals surface area contributed by atoms with Gasteiger partial charge in [-0.05, 0) is 56.7 Å². The first kappa shape index (κ1) is 13.4. The number of hydrogen-bond acceptors (Lipinski definition) is 3. The third kappa shape index (κ3) is 2.70. The second-order valence-electron chi connectivity index (χ2n) is 4.49. The van der Waals surface area contributed by atoms with Crippen LogP contribution in [-0.2, 0) is 0 Å². The molecule has 0 bridgehead atoms. The molecule has 0 radical (unpaired) electrons. The van der Waals surface area contributed by atoms with Gasteiger partial charge in [-0.1, -0.05) is 0 Å². The molecule has 3 nitrogen and oxygen atoms in total. The Hall–Kier alpha value is -2.03. The van der Waals surface area contributed by atoms with E-state index < -0.39 is 0 Å². The lowest BCUT2D eigenvalue weighted by atomic mass is 10.1. The molecule has 3 heteroatoms. The highest BCUT2D eigenvalue weighted by atomic mass is 16.3. The smallest absolute Gasteiger partial charge is 0.185 e. The second-order valence-corrected chi connectivity index (χ2v) is 4.49. The number of nitrogens with zero attached hydrogens (tertiary/aromatic N) is 1. The summed E-state index contributed by atoms with van der Waals surface area (Å²) in [6.07, 6.45) is 0.725. The summed E-state index contributed by atoms with van der Waals surface area (Å²) in [6, 6.07) is 9.84. The summed E-state index contributed by atoms with van der Waals surface area (Å²) < 4.78 is 5.47. The zero-order chi connectivity index (χ0) is 13.8. The number of rotatable bonds is 5. The van der Waals surface area contributed by atoms with Crippen LogP contribution in [0.5, 0.6) is 0 Å². The van der Waals surface area contributed by atoms with Gasteiger partial charge in [-0.15, -0.1) is 0 Å². The molecule has 0 atom stereocenters. The molecule has 2 rings (SSSR count). The highest BCUT2D eigenvalue weighted by molar-refractivity contribution is 5.74. The van der Waals surface area contributed by atoms with E-state index in [0.29, 0.717) is 5.76 Å². The van der Waals surface area contributed by atoms with E-state index in [1.54, 1.807) is 6.07 Å². The molecule has 2 aromatic rings. The van der Waals surface area contributed by atoms with Crippen molar-refractivity contribution in [3.63, 3.8) is 0 Å². The predicted molar refractivity (Wildman–Crippen MR) is 77.8 cm³/mol. The molecule has 0 aliphatic heterocycles. The molecule has 0 spiro atoms. The quantitative estimate of drug-likeness (QED) is 0.761. The van der Waals surface area contributed by atoms with Crippen LogP contribution in [0.15, 0.2) is 34.7 Å². The Balaban J connectivity index is 2.36. The molecule has 0 unspecified atom stereocenters. The highest BCUT2D eigenvalue weighted by Crippen LogP contribution is 2.28. The Morgan fingerprint density at radius 3 is 2.42 bits per heavy atom. The number of furan rings is 1. The molecule has 1 aromatic carbocycles. The van der Waals surface area contributed by atoms with E-state index in [4.69, 9.17) is 4.42 Å². The van der Waals surface area contributed by atoms with Gasteiger partial charge in [0.1, 0.15) is 5.76 Å². The molecule has 0 fully saturated rings. The molecule has 100 valence electrons. The van der Waals surface area contributed by atoms with E-state index in [1.165, 1.54) is 5.69 Å². The number of hydrogen-bond donors (Lipinski definition) is 0. The van der Waals surface area contributed by atoms with Gasteiger partial charge < -0.3 is 9.32 Å². The minimum atomic E-state index is 0.363. The molecule has 1 heterocycles. The molecular formula is C16H19NO2. The van der Waals surface area contributed by atoms with E-state index in [2.05, 4.69) is 43.9 Å². The molecule has 0 saturated heterocycles. The van der Waals surface area contributed by atoms with E-state index in [1.807, 2.05) is 6.07 Å². The van der Waals surface area contributed by atoms with Gasteiger partial charge in [-0.25, -0.2) is 0 Å². The summed E-state index contributed by atoms with van der Waals surface area (Å²) in [5, 5.41) is 0. The zero-order valence-electron chi connectivity index (χ0n) is 11.6. The fourth-order valence-corrected chi connectivity index (χ4v) is 2.27. The van der Waals surface area contributed by atoms with Gasteiger partial charge in [0.05, 0.1) is 0 Å². The summed E-state index contributed by atoms with van der Waals surface area (Å²) in [5.74, 6) is 1.10. The van der Waals surface area contributed by atoms with E-state index >= 15 is 0 Å². The monoisotopic (exact) mass is 257 g/mol. The minimum Gasteiger partial charge on any atom is -0.453 e. The number of benzene rings is 1. The van der Waals surface area contributed by atoms with Gasteiger partial charge in [-0.2, -0.15) is 0 Å². The number of carbonyl (C=O) groups is 1. The Morgan fingerprint density at radius 1 is 1.16 bits per heavy atom. The van der Waals surface area contributed by atoms with Crippen molar-refractivity contribution in [3.05, 3.63) is 41.7 Å². The summed E-state index contributed by atoms with van der Waals surface area (Å²) in [6.45, 7) is 8.34. The first-order valence-corrected chi connectivity index (χ1v) is 6.60. The number of aryl methyl sites for hydroxylation is 1. The molecular weight excluding hydrogens is 238 g/mol. The van der Waals surface area contributed by atoms with E-state index in [-0.39, 0.29) is 0 Å². The SMILES string of the molecule is CCN(CC)c1ccc(-c2ccc(C=O)o2)c(C)c1. The molecule has 19 heavy (non-hydrogen) atoms. The largest absolute Gasteiger partial charge is 0.453 e. The fourth-order valence-electron chi connectivity index (χ4n) is 2.27. The number of aldehydes is 1. The Morgan fingerprint density at radius 2 is 1.89 bits per heavy atom. The fraction of sp³-hybridized carbons (Fsp3) is 0.312. The van der Waals surface area contributed by atoms with Gasteiger partial charge in [0.25, 0.3) is 0 Å². The maximum atomic E-state index is 10.7. The predicted octanol–water partition coefficient (Wildman–Crippen LogP) is 3.91. The normalized spacial score (nSPS) is 10.5. The van der Waals surface area contributed by atoms with E-state index in [9.17, 15) is 4.79 Å². The van der Waals surface area contributed by atoms with Crippen LogP contribution in [0, 0.1) is 6.92 Å². The maximum absolute atomic E-state index is 10.7. The van der Waals surface area contributed by atoms with Crippen molar-refractivity contribution in [1.82, 2.24) is 0 Å². The van der Waals surface area contributed by atoms with Crippen molar-refractivity contribution >= 4 is 12.0 Å². The van der Waals surface area contributed by atoms with Gasteiger partial charge in [0, 0.05) is 24.3 Å². The van der Waals surface area contributed by atoms with E-state index in [0.717, 1.165) is 36.3 Å². The Labute approximate surface area is 113 Å². The Kier molecular flexibility index (Phi) is 4.05. The lowest BCUT2D eigenvalue weighted by molar-refractivity contribution is 0.110. The average molecular weight is 257 g/mol. The molecule has 1 aromatic heterocycles. The summed E-state index contributed by atoms with van der Waals surface area (Å²) in [7, 11) is 0. The molecule has 0 saturated carbocycles. The maximum Gasteiger partial charge on any atom is 0.185 e.